The summed E-state index contributed by atoms with van der Waals surface area (Å²) in [7, 11) is 0. The van der Waals surface area contributed by atoms with E-state index in [0.29, 0.717) is 13.1 Å². The third-order valence-electron chi connectivity index (χ3n) is 3.94. The molecule has 3 rings (SSSR count). The summed E-state index contributed by atoms with van der Waals surface area (Å²) in [6.45, 7) is 3.24. The predicted molar refractivity (Wildman–Crippen MR) is 79.2 cm³/mol. The number of nitrogens with zero attached hydrogens (tertiary/aromatic N) is 2. The second-order valence-corrected chi connectivity index (χ2v) is 5.79. The number of carbonyl (C=O) groups is 2. The van der Waals surface area contributed by atoms with E-state index in [1.165, 1.54) is 6.08 Å². The van der Waals surface area contributed by atoms with Gasteiger partial charge >= 0.3 is 0 Å². The molecule has 1 N–H and O–H groups in total. The van der Waals surface area contributed by atoms with Crippen LogP contribution in [-0.4, -0.2) is 40.8 Å². The lowest BCUT2D eigenvalue weighted by Crippen LogP contribution is -2.61. The highest BCUT2D eigenvalue weighted by molar-refractivity contribution is 5.92. The fourth-order valence-corrected chi connectivity index (χ4v) is 2.42. The number of rotatable bonds is 4. The molecule has 1 aliphatic carbocycles. The summed E-state index contributed by atoms with van der Waals surface area (Å²) in [5, 5.41) is 2.92. The lowest BCUT2D eigenvalue weighted by Gasteiger charge is -2.39. The Morgan fingerprint density at radius 2 is 2.14 bits per heavy atom. The average molecular weight is 285 g/mol. The van der Waals surface area contributed by atoms with Crippen molar-refractivity contribution in [1.82, 2.24) is 15.2 Å². The van der Waals surface area contributed by atoms with Crippen molar-refractivity contribution >= 4 is 17.9 Å². The molecule has 5 nitrogen and oxygen atoms in total. The predicted octanol–water partition coefficient (Wildman–Crippen LogP) is 1.14. The zero-order valence-corrected chi connectivity index (χ0v) is 12.1. The van der Waals surface area contributed by atoms with E-state index in [2.05, 4.69) is 10.3 Å². The molecule has 110 valence electrons. The van der Waals surface area contributed by atoms with Crippen LogP contribution < -0.4 is 5.32 Å². The van der Waals surface area contributed by atoms with Crippen molar-refractivity contribution in [3.8, 4) is 0 Å². The van der Waals surface area contributed by atoms with Gasteiger partial charge in [0.05, 0.1) is 6.04 Å². The molecule has 1 aromatic rings. The number of carbonyl (C=O) groups excluding carboxylic acids is 2. The third-order valence-corrected chi connectivity index (χ3v) is 3.94. The van der Waals surface area contributed by atoms with Gasteiger partial charge in [-0.15, -0.1) is 0 Å². The van der Waals surface area contributed by atoms with Crippen LogP contribution in [0.5, 0.6) is 0 Å². The smallest absolute Gasteiger partial charge is 0.244 e. The van der Waals surface area contributed by atoms with Crippen LogP contribution in [0, 0.1) is 12.8 Å². The molecule has 0 aromatic carbocycles. The summed E-state index contributed by atoms with van der Waals surface area (Å²) in [6, 6.07) is 1.96. The molecule has 1 saturated heterocycles. The normalized spacial score (nSPS) is 18.6. The maximum Gasteiger partial charge on any atom is 0.244 e. The highest BCUT2D eigenvalue weighted by atomic mass is 16.2. The number of amides is 2. The summed E-state index contributed by atoms with van der Waals surface area (Å²) < 4.78 is 0. The van der Waals surface area contributed by atoms with Gasteiger partial charge in [-0.2, -0.15) is 0 Å². The highest BCUT2D eigenvalue weighted by Gasteiger charge is 2.39. The molecule has 2 aliphatic rings. The van der Waals surface area contributed by atoms with Gasteiger partial charge in [-0.3, -0.25) is 14.6 Å². The Morgan fingerprint density at radius 3 is 2.81 bits per heavy atom. The molecule has 0 atom stereocenters. The quantitative estimate of drug-likeness (QED) is 0.844. The van der Waals surface area contributed by atoms with Crippen LogP contribution >= 0.6 is 0 Å². The molecular formula is C16H19N3O2. The number of hydrogen-bond acceptors (Lipinski definition) is 3. The van der Waals surface area contributed by atoms with Crippen molar-refractivity contribution in [1.29, 1.82) is 0 Å². The van der Waals surface area contributed by atoms with Crippen molar-refractivity contribution in [3.63, 3.8) is 0 Å². The maximum atomic E-state index is 11.8. The molecule has 2 heterocycles. The van der Waals surface area contributed by atoms with Gasteiger partial charge in [0.25, 0.3) is 0 Å². The number of aromatic nitrogens is 1. The highest BCUT2D eigenvalue weighted by Crippen LogP contribution is 2.32. The minimum Gasteiger partial charge on any atom is -0.346 e. The standard InChI is InChI=1S/C16H19N3O2/c1-11-8-17-7-6-12(11)4-5-15(20)18-14-9-19(10-14)16(21)13-2-3-13/h4-8,13-14H,2-3,9-10H2,1H3,(H,18,20)/b5-4+. The summed E-state index contributed by atoms with van der Waals surface area (Å²) in [4.78, 5) is 29.4. The zero-order chi connectivity index (χ0) is 14.8. The number of hydrogen-bond donors (Lipinski definition) is 1. The largest absolute Gasteiger partial charge is 0.346 e. The molecule has 2 fully saturated rings. The van der Waals surface area contributed by atoms with Gasteiger partial charge in [0, 0.05) is 37.5 Å². The van der Waals surface area contributed by atoms with E-state index >= 15 is 0 Å². The van der Waals surface area contributed by atoms with Gasteiger partial charge in [0.2, 0.25) is 11.8 Å². The lowest BCUT2D eigenvalue weighted by molar-refractivity contribution is -0.138. The van der Waals surface area contributed by atoms with E-state index in [0.717, 1.165) is 24.0 Å². The molecule has 5 heteroatoms. The molecule has 0 radical (unpaired) electrons. The van der Waals surface area contributed by atoms with Crippen LogP contribution in [-0.2, 0) is 9.59 Å². The van der Waals surface area contributed by atoms with E-state index in [-0.39, 0.29) is 23.8 Å². The summed E-state index contributed by atoms with van der Waals surface area (Å²) >= 11 is 0. The molecule has 1 saturated carbocycles. The average Bonchev–Trinajstić information content (AvgIpc) is 3.25. The minimum atomic E-state index is -0.116. The first kappa shape index (κ1) is 13.8. The van der Waals surface area contributed by atoms with Crippen LogP contribution in [0.2, 0.25) is 0 Å². The summed E-state index contributed by atoms with van der Waals surface area (Å²) in [5.74, 6) is 0.398. The summed E-state index contributed by atoms with van der Waals surface area (Å²) in [6.07, 6.45) is 8.86. The first-order chi connectivity index (χ1) is 10.1. The van der Waals surface area contributed by atoms with Crippen LogP contribution in [0.1, 0.15) is 24.0 Å². The Balaban J connectivity index is 1.45. The van der Waals surface area contributed by atoms with Crippen molar-refractivity contribution in [2.75, 3.05) is 13.1 Å². The molecule has 0 unspecified atom stereocenters. The van der Waals surface area contributed by atoms with Gasteiger partial charge in [0.1, 0.15) is 0 Å². The van der Waals surface area contributed by atoms with Gasteiger partial charge < -0.3 is 10.2 Å². The van der Waals surface area contributed by atoms with Crippen molar-refractivity contribution in [3.05, 3.63) is 35.7 Å². The van der Waals surface area contributed by atoms with E-state index in [9.17, 15) is 9.59 Å². The molecule has 1 aliphatic heterocycles. The summed E-state index contributed by atoms with van der Waals surface area (Å²) in [5.41, 5.74) is 2.02. The second kappa shape index (κ2) is 5.68. The SMILES string of the molecule is Cc1cnccc1/C=C/C(=O)NC1CN(C(=O)C2CC2)C1. The van der Waals surface area contributed by atoms with Gasteiger partial charge in [-0.1, -0.05) is 0 Å². The van der Waals surface area contributed by atoms with E-state index in [4.69, 9.17) is 0 Å². The zero-order valence-electron chi connectivity index (χ0n) is 12.1. The molecule has 2 amide bonds. The third kappa shape index (κ3) is 3.29. The van der Waals surface area contributed by atoms with Crippen molar-refractivity contribution in [2.24, 2.45) is 5.92 Å². The first-order valence-electron chi connectivity index (χ1n) is 7.31. The number of aryl methyl sites for hydroxylation is 1. The Kier molecular flexibility index (Phi) is 3.73. The van der Waals surface area contributed by atoms with E-state index in [1.54, 1.807) is 18.5 Å². The fourth-order valence-electron chi connectivity index (χ4n) is 2.42. The lowest BCUT2D eigenvalue weighted by atomic mass is 10.1. The van der Waals surface area contributed by atoms with Gasteiger partial charge in [0.15, 0.2) is 0 Å². The molecule has 0 spiro atoms. The maximum absolute atomic E-state index is 11.8. The van der Waals surface area contributed by atoms with Crippen LogP contribution in [0.15, 0.2) is 24.5 Å². The van der Waals surface area contributed by atoms with Crippen LogP contribution in [0.25, 0.3) is 6.08 Å². The molecular weight excluding hydrogens is 266 g/mol. The van der Waals surface area contributed by atoms with E-state index in [1.807, 2.05) is 17.9 Å². The fraction of sp³-hybridized carbons (Fsp3) is 0.438. The van der Waals surface area contributed by atoms with Crippen LogP contribution in [0.4, 0.5) is 0 Å². The van der Waals surface area contributed by atoms with Crippen LogP contribution in [0.3, 0.4) is 0 Å². The number of likely N-dealkylation sites (tertiary alicyclic amines) is 1. The Bertz CT molecular complexity index is 587. The second-order valence-electron chi connectivity index (χ2n) is 5.79. The Morgan fingerprint density at radius 1 is 1.38 bits per heavy atom. The molecule has 21 heavy (non-hydrogen) atoms. The van der Waals surface area contributed by atoms with Crippen molar-refractivity contribution < 1.29 is 9.59 Å². The van der Waals surface area contributed by atoms with Gasteiger partial charge in [-0.05, 0) is 43.0 Å². The topological polar surface area (TPSA) is 62.3 Å². The van der Waals surface area contributed by atoms with Crippen molar-refractivity contribution in [2.45, 2.75) is 25.8 Å². The van der Waals surface area contributed by atoms with Gasteiger partial charge in [-0.25, -0.2) is 0 Å². The minimum absolute atomic E-state index is 0.0865. The first-order valence-corrected chi connectivity index (χ1v) is 7.31. The van der Waals surface area contributed by atoms with E-state index < -0.39 is 0 Å². The number of pyridine rings is 1. The monoisotopic (exact) mass is 285 g/mol. The Labute approximate surface area is 124 Å². The molecule has 0 bridgehead atoms. The Hall–Kier alpha value is -2.17. The number of nitrogens with one attached hydrogen (secondary N) is 1. The molecule has 1 aromatic heterocycles.